The number of hydrogen-bond donors (Lipinski definition) is 2. The van der Waals surface area contributed by atoms with Gasteiger partial charge < -0.3 is 5.32 Å². The second kappa shape index (κ2) is 8.19. The molecule has 0 saturated heterocycles. The minimum Gasteiger partial charge on any atom is -0.317 e. The summed E-state index contributed by atoms with van der Waals surface area (Å²) in [5, 5.41) is 3.69. The molecule has 0 aliphatic rings. The Morgan fingerprint density at radius 1 is 1.40 bits per heavy atom. The molecule has 1 rings (SSSR count). The second-order valence-electron chi connectivity index (χ2n) is 4.26. The lowest BCUT2D eigenvalue weighted by Crippen LogP contribution is -2.34. The predicted octanol–water partition coefficient (Wildman–Crippen LogP) is 2.69. The summed E-state index contributed by atoms with van der Waals surface area (Å²) in [5.74, 6) is 0. The van der Waals surface area contributed by atoms with Crippen LogP contribution in [-0.2, 0) is 10.2 Å². The minimum absolute atomic E-state index is 0.455. The van der Waals surface area contributed by atoms with Crippen LogP contribution >= 0.6 is 27.5 Å². The van der Waals surface area contributed by atoms with Crippen molar-refractivity contribution in [3.8, 4) is 0 Å². The number of anilines is 1. The highest BCUT2D eigenvalue weighted by molar-refractivity contribution is 9.10. The van der Waals surface area contributed by atoms with E-state index in [1.165, 1.54) is 4.31 Å². The molecule has 114 valence electrons. The molecule has 0 atom stereocenters. The molecular formula is C12H19BrClN3O2S. The zero-order chi connectivity index (χ0) is 15.2. The van der Waals surface area contributed by atoms with E-state index in [1.807, 2.05) is 6.92 Å². The van der Waals surface area contributed by atoms with Gasteiger partial charge in [-0.3, -0.25) is 4.72 Å². The zero-order valence-corrected chi connectivity index (χ0v) is 14.6. The van der Waals surface area contributed by atoms with Gasteiger partial charge >= 0.3 is 10.2 Å². The van der Waals surface area contributed by atoms with Gasteiger partial charge in [0.25, 0.3) is 0 Å². The molecule has 0 unspecified atom stereocenters. The molecule has 0 spiro atoms. The topological polar surface area (TPSA) is 61.4 Å². The SMILES string of the molecule is CCNCCCN(C)S(=O)(=O)Nc1ccc(Cl)c(Br)c1. The van der Waals surface area contributed by atoms with Crippen molar-refractivity contribution in [1.29, 1.82) is 0 Å². The van der Waals surface area contributed by atoms with Crippen molar-refractivity contribution < 1.29 is 8.42 Å². The van der Waals surface area contributed by atoms with E-state index in [9.17, 15) is 8.42 Å². The second-order valence-corrected chi connectivity index (χ2v) is 7.30. The summed E-state index contributed by atoms with van der Waals surface area (Å²) in [5.41, 5.74) is 0.472. The van der Waals surface area contributed by atoms with Gasteiger partial charge in [0.05, 0.1) is 10.7 Å². The lowest BCUT2D eigenvalue weighted by atomic mass is 10.3. The first-order valence-corrected chi connectivity index (χ1v) is 8.87. The predicted molar refractivity (Wildman–Crippen MR) is 87.5 cm³/mol. The van der Waals surface area contributed by atoms with Crippen molar-refractivity contribution >= 4 is 43.4 Å². The number of nitrogens with zero attached hydrogens (tertiary/aromatic N) is 1. The van der Waals surface area contributed by atoms with E-state index in [1.54, 1.807) is 25.2 Å². The van der Waals surface area contributed by atoms with E-state index in [4.69, 9.17) is 11.6 Å². The van der Waals surface area contributed by atoms with E-state index < -0.39 is 10.2 Å². The summed E-state index contributed by atoms with van der Waals surface area (Å²) < 4.78 is 28.7. The lowest BCUT2D eigenvalue weighted by Gasteiger charge is -2.18. The molecule has 2 N–H and O–H groups in total. The van der Waals surface area contributed by atoms with Crippen molar-refractivity contribution in [3.63, 3.8) is 0 Å². The fourth-order valence-electron chi connectivity index (χ4n) is 1.51. The molecule has 0 bridgehead atoms. The average molecular weight is 385 g/mol. The molecule has 8 heteroatoms. The number of halogens is 2. The van der Waals surface area contributed by atoms with Crippen LogP contribution in [0.3, 0.4) is 0 Å². The smallest absolute Gasteiger partial charge is 0.301 e. The molecule has 0 aliphatic heterocycles. The molecule has 0 radical (unpaired) electrons. The summed E-state index contributed by atoms with van der Waals surface area (Å²) in [6.07, 6.45) is 0.759. The van der Waals surface area contributed by atoms with Crippen LogP contribution in [0.15, 0.2) is 22.7 Å². The van der Waals surface area contributed by atoms with Crippen molar-refractivity contribution in [2.24, 2.45) is 0 Å². The van der Waals surface area contributed by atoms with Crippen molar-refractivity contribution in [2.45, 2.75) is 13.3 Å². The average Bonchev–Trinajstić information content (AvgIpc) is 2.38. The molecule has 0 heterocycles. The maximum Gasteiger partial charge on any atom is 0.301 e. The maximum atomic E-state index is 12.1. The number of benzene rings is 1. The van der Waals surface area contributed by atoms with Crippen LogP contribution in [-0.4, -0.2) is 39.4 Å². The highest BCUT2D eigenvalue weighted by Crippen LogP contribution is 2.26. The third-order valence-corrected chi connectivity index (χ3v) is 5.36. The highest BCUT2D eigenvalue weighted by Gasteiger charge is 2.17. The van der Waals surface area contributed by atoms with Crippen LogP contribution in [0.1, 0.15) is 13.3 Å². The molecule has 0 aromatic heterocycles. The first-order chi connectivity index (χ1) is 9.36. The van der Waals surface area contributed by atoms with Gasteiger partial charge in [-0.2, -0.15) is 12.7 Å². The van der Waals surface area contributed by atoms with Gasteiger partial charge in [-0.05, 0) is 53.6 Å². The summed E-state index contributed by atoms with van der Waals surface area (Å²) in [6, 6.07) is 4.89. The molecule has 0 amide bonds. The Bertz CT molecular complexity index is 540. The van der Waals surface area contributed by atoms with Gasteiger partial charge in [-0.25, -0.2) is 0 Å². The van der Waals surface area contributed by atoms with E-state index in [0.717, 1.165) is 19.5 Å². The Balaban J connectivity index is 2.61. The monoisotopic (exact) mass is 383 g/mol. The van der Waals surface area contributed by atoms with Crippen molar-refractivity contribution in [1.82, 2.24) is 9.62 Å². The summed E-state index contributed by atoms with van der Waals surface area (Å²) >= 11 is 9.13. The van der Waals surface area contributed by atoms with E-state index in [0.29, 0.717) is 21.7 Å². The first kappa shape index (κ1) is 17.7. The van der Waals surface area contributed by atoms with Crippen LogP contribution < -0.4 is 10.0 Å². The Labute approximate surface area is 134 Å². The fraction of sp³-hybridized carbons (Fsp3) is 0.500. The number of rotatable bonds is 8. The minimum atomic E-state index is -3.54. The van der Waals surface area contributed by atoms with Gasteiger partial charge in [0, 0.05) is 18.1 Å². The van der Waals surface area contributed by atoms with Crippen LogP contribution in [0.2, 0.25) is 5.02 Å². The zero-order valence-electron chi connectivity index (χ0n) is 11.5. The molecule has 0 aliphatic carbocycles. The molecule has 20 heavy (non-hydrogen) atoms. The summed E-state index contributed by atoms with van der Waals surface area (Å²) in [6.45, 7) is 4.15. The number of nitrogens with one attached hydrogen (secondary N) is 2. The molecule has 1 aromatic rings. The quantitative estimate of drug-likeness (QED) is 0.677. The first-order valence-electron chi connectivity index (χ1n) is 6.26. The molecular weight excluding hydrogens is 366 g/mol. The highest BCUT2D eigenvalue weighted by atomic mass is 79.9. The van der Waals surface area contributed by atoms with Gasteiger partial charge in [0.1, 0.15) is 0 Å². The molecule has 5 nitrogen and oxygen atoms in total. The third-order valence-electron chi connectivity index (χ3n) is 2.65. The van der Waals surface area contributed by atoms with Gasteiger partial charge in [0.15, 0.2) is 0 Å². The van der Waals surface area contributed by atoms with Crippen LogP contribution in [0, 0.1) is 0 Å². The third kappa shape index (κ3) is 5.57. The standard InChI is InChI=1S/C12H19BrClN3O2S/c1-3-15-7-4-8-17(2)20(18,19)16-10-5-6-12(14)11(13)9-10/h5-6,9,15-16H,3-4,7-8H2,1-2H3. The van der Waals surface area contributed by atoms with Crippen LogP contribution in [0.25, 0.3) is 0 Å². The lowest BCUT2D eigenvalue weighted by molar-refractivity contribution is 0.459. The molecule has 0 saturated carbocycles. The molecule has 0 fully saturated rings. The van der Waals surface area contributed by atoms with Crippen molar-refractivity contribution in [3.05, 3.63) is 27.7 Å². The Hall–Kier alpha value is -0.340. The Morgan fingerprint density at radius 2 is 2.10 bits per heavy atom. The largest absolute Gasteiger partial charge is 0.317 e. The van der Waals surface area contributed by atoms with E-state index in [-0.39, 0.29) is 0 Å². The van der Waals surface area contributed by atoms with Crippen LogP contribution in [0.5, 0.6) is 0 Å². The van der Waals surface area contributed by atoms with Crippen molar-refractivity contribution in [2.75, 3.05) is 31.4 Å². The molecule has 1 aromatic carbocycles. The summed E-state index contributed by atoms with van der Waals surface area (Å²) in [4.78, 5) is 0. The number of hydrogen-bond acceptors (Lipinski definition) is 3. The fourth-order valence-corrected chi connectivity index (χ4v) is 2.96. The maximum absolute atomic E-state index is 12.1. The summed E-state index contributed by atoms with van der Waals surface area (Å²) in [7, 11) is -1.98. The van der Waals surface area contributed by atoms with E-state index in [2.05, 4.69) is 26.0 Å². The normalized spacial score (nSPS) is 11.8. The van der Waals surface area contributed by atoms with Crippen LogP contribution in [0.4, 0.5) is 5.69 Å². The van der Waals surface area contributed by atoms with E-state index >= 15 is 0 Å². The van der Waals surface area contributed by atoms with Gasteiger partial charge in [-0.1, -0.05) is 18.5 Å². The van der Waals surface area contributed by atoms with Gasteiger partial charge in [0.2, 0.25) is 0 Å². The Kier molecular flexibility index (Phi) is 7.25. The van der Waals surface area contributed by atoms with Gasteiger partial charge in [-0.15, -0.1) is 0 Å². The Morgan fingerprint density at radius 3 is 2.70 bits per heavy atom.